The quantitative estimate of drug-likeness (QED) is 0.588. The maximum atomic E-state index is 12.3. The fourth-order valence-corrected chi connectivity index (χ4v) is 2.75. The van der Waals surface area contributed by atoms with Gasteiger partial charge in [0.2, 0.25) is 5.91 Å². The summed E-state index contributed by atoms with van der Waals surface area (Å²) in [5.41, 5.74) is 1.92. The normalized spacial score (nSPS) is 10.7. The van der Waals surface area contributed by atoms with Gasteiger partial charge in [0.25, 0.3) is 5.69 Å². The van der Waals surface area contributed by atoms with Crippen LogP contribution in [0.1, 0.15) is 11.1 Å². The third-order valence-electron chi connectivity index (χ3n) is 3.72. The van der Waals surface area contributed by atoms with E-state index in [1.807, 2.05) is 25.1 Å². The van der Waals surface area contributed by atoms with Gasteiger partial charge < -0.3 is 10.1 Å². The second kappa shape index (κ2) is 8.64. The predicted octanol–water partition coefficient (Wildman–Crippen LogP) is 3.64. The molecule has 0 fully saturated rings. The third kappa shape index (κ3) is 5.18. The van der Waals surface area contributed by atoms with E-state index in [4.69, 9.17) is 16.3 Å². The molecule has 0 saturated heterocycles. The van der Waals surface area contributed by atoms with Gasteiger partial charge in [-0.25, -0.2) is 0 Å². The number of ether oxygens (including phenoxy) is 1. The number of nitrogens with one attached hydrogen (secondary N) is 1. The van der Waals surface area contributed by atoms with Crippen molar-refractivity contribution in [3.05, 3.63) is 62.7 Å². The van der Waals surface area contributed by atoms with Crippen molar-refractivity contribution in [1.29, 1.82) is 0 Å². The smallest absolute Gasteiger partial charge is 0.292 e. The first-order chi connectivity index (χ1) is 12.3. The number of aryl methyl sites for hydroxylation is 1. The molecule has 0 spiro atoms. The largest absolute Gasteiger partial charge is 0.496 e. The summed E-state index contributed by atoms with van der Waals surface area (Å²) in [6.07, 6.45) is 0. The molecule has 0 bridgehead atoms. The van der Waals surface area contributed by atoms with Crippen molar-refractivity contribution < 1.29 is 14.5 Å². The van der Waals surface area contributed by atoms with Gasteiger partial charge in [0.1, 0.15) is 11.4 Å². The number of carbonyl (C=O) groups is 1. The molecule has 1 N–H and O–H groups in total. The molecule has 8 heteroatoms. The first-order valence-corrected chi connectivity index (χ1v) is 8.24. The molecule has 2 rings (SSSR count). The van der Waals surface area contributed by atoms with Crippen LogP contribution in [-0.2, 0) is 11.3 Å². The molecule has 2 aromatic rings. The van der Waals surface area contributed by atoms with Gasteiger partial charge in [0, 0.05) is 23.2 Å². The van der Waals surface area contributed by atoms with E-state index in [-0.39, 0.29) is 23.8 Å². The van der Waals surface area contributed by atoms with Crippen molar-refractivity contribution in [3.8, 4) is 5.75 Å². The van der Waals surface area contributed by atoms with Crippen LogP contribution in [0, 0.1) is 17.0 Å². The predicted molar refractivity (Wildman–Crippen MR) is 101 cm³/mol. The van der Waals surface area contributed by atoms with Gasteiger partial charge in [-0.1, -0.05) is 29.3 Å². The van der Waals surface area contributed by atoms with Gasteiger partial charge >= 0.3 is 0 Å². The number of amides is 1. The number of nitro groups is 1. The summed E-state index contributed by atoms with van der Waals surface area (Å²) in [6, 6.07) is 9.86. The molecule has 0 aliphatic rings. The molecule has 26 heavy (non-hydrogen) atoms. The second-order valence-corrected chi connectivity index (χ2v) is 6.39. The molecular weight excluding hydrogens is 358 g/mol. The second-order valence-electron chi connectivity index (χ2n) is 5.95. The topological polar surface area (TPSA) is 84.7 Å². The number of anilines is 1. The molecule has 1 amide bonds. The number of nitrogens with zero attached hydrogens (tertiary/aromatic N) is 2. The van der Waals surface area contributed by atoms with Crippen molar-refractivity contribution >= 4 is 28.9 Å². The van der Waals surface area contributed by atoms with E-state index >= 15 is 0 Å². The maximum absolute atomic E-state index is 12.3. The first kappa shape index (κ1) is 19.7. The van der Waals surface area contributed by atoms with E-state index in [9.17, 15) is 14.9 Å². The molecule has 138 valence electrons. The average molecular weight is 378 g/mol. The number of hydrogen-bond acceptors (Lipinski definition) is 5. The van der Waals surface area contributed by atoms with Crippen LogP contribution in [0.4, 0.5) is 11.4 Å². The van der Waals surface area contributed by atoms with Crippen molar-refractivity contribution in [3.63, 3.8) is 0 Å². The molecule has 0 aliphatic carbocycles. The molecule has 0 saturated carbocycles. The number of nitro benzene ring substituents is 1. The Morgan fingerprint density at radius 3 is 2.69 bits per heavy atom. The number of likely N-dealkylation sites (N-methyl/N-ethyl adjacent to an activating group) is 1. The molecule has 0 aliphatic heterocycles. The number of benzene rings is 2. The Morgan fingerprint density at radius 2 is 2.04 bits per heavy atom. The van der Waals surface area contributed by atoms with E-state index in [1.54, 1.807) is 19.1 Å². The van der Waals surface area contributed by atoms with Gasteiger partial charge in [-0.2, -0.15) is 0 Å². The summed E-state index contributed by atoms with van der Waals surface area (Å²) < 4.78 is 5.34. The van der Waals surface area contributed by atoms with Gasteiger partial charge in [-0.3, -0.25) is 19.8 Å². The number of halogens is 1. The SMILES string of the molecule is COc1ccc(C)cc1CN(C)CC(=O)Nc1cc(Cl)ccc1[N+](=O)[O-]. The number of hydrogen-bond donors (Lipinski definition) is 1. The van der Waals surface area contributed by atoms with Crippen LogP contribution in [0.25, 0.3) is 0 Å². The molecule has 2 aromatic carbocycles. The average Bonchev–Trinajstić information content (AvgIpc) is 2.54. The van der Waals surface area contributed by atoms with Crippen LogP contribution in [0.2, 0.25) is 5.02 Å². The number of rotatable bonds is 7. The van der Waals surface area contributed by atoms with Crippen molar-refractivity contribution in [1.82, 2.24) is 4.90 Å². The summed E-state index contributed by atoms with van der Waals surface area (Å²) in [5, 5.41) is 13.9. The van der Waals surface area contributed by atoms with Gasteiger partial charge in [0.15, 0.2) is 0 Å². The molecule has 0 unspecified atom stereocenters. The highest BCUT2D eigenvalue weighted by molar-refractivity contribution is 6.31. The summed E-state index contributed by atoms with van der Waals surface area (Å²) in [6.45, 7) is 2.53. The number of methoxy groups -OCH3 is 1. The minimum Gasteiger partial charge on any atom is -0.496 e. The van der Waals surface area contributed by atoms with E-state index in [1.165, 1.54) is 18.2 Å². The van der Waals surface area contributed by atoms with E-state index in [2.05, 4.69) is 5.32 Å². The Balaban J connectivity index is 2.05. The number of carbonyl (C=O) groups excluding carboxylic acids is 1. The Labute approximate surface area is 156 Å². The van der Waals surface area contributed by atoms with Crippen LogP contribution >= 0.6 is 11.6 Å². The minimum absolute atomic E-state index is 0.0563. The standard InChI is InChI=1S/C18H20ClN3O4/c1-12-4-7-17(26-3)13(8-12)10-21(2)11-18(23)20-15-9-14(19)5-6-16(15)22(24)25/h4-9H,10-11H2,1-3H3,(H,20,23). The summed E-state index contributed by atoms with van der Waals surface area (Å²) in [4.78, 5) is 24.6. The van der Waals surface area contributed by atoms with Crippen molar-refractivity contribution in [2.45, 2.75) is 13.5 Å². The van der Waals surface area contributed by atoms with Gasteiger partial charge in [-0.15, -0.1) is 0 Å². The van der Waals surface area contributed by atoms with Gasteiger partial charge in [0.05, 0.1) is 18.6 Å². The minimum atomic E-state index is -0.562. The van der Waals surface area contributed by atoms with Crippen LogP contribution < -0.4 is 10.1 Å². The van der Waals surface area contributed by atoms with Crippen LogP contribution in [0.15, 0.2) is 36.4 Å². The highest BCUT2D eigenvalue weighted by atomic mass is 35.5. The van der Waals surface area contributed by atoms with Crippen LogP contribution in [-0.4, -0.2) is 36.4 Å². The lowest BCUT2D eigenvalue weighted by Gasteiger charge is -2.18. The van der Waals surface area contributed by atoms with Gasteiger partial charge in [-0.05, 0) is 32.2 Å². The zero-order valence-electron chi connectivity index (χ0n) is 14.8. The molecule has 0 atom stereocenters. The lowest BCUT2D eigenvalue weighted by atomic mass is 10.1. The van der Waals surface area contributed by atoms with E-state index in [0.717, 1.165) is 16.9 Å². The molecule has 7 nitrogen and oxygen atoms in total. The highest BCUT2D eigenvalue weighted by Crippen LogP contribution is 2.27. The Bertz CT molecular complexity index is 826. The highest BCUT2D eigenvalue weighted by Gasteiger charge is 2.17. The van der Waals surface area contributed by atoms with Crippen molar-refractivity contribution in [2.24, 2.45) is 0 Å². The van der Waals surface area contributed by atoms with Crippen molar-refractivity contribution in [2.75, 3.05) is 26.0 Å². The van der Waals surface area contributed by atoms with Crippen LogP contribution in [0.3, 0.4) is 0 Å². The first-order valence-electron chi connectivity index (χ1n) is 7.86. The Kier molecular flexibility index (Phi) is 6.54. The zero-order chi connectivity index (χ0) is 19.3. The van der Waals surface area contributed by atoms with E-state index < -0.39 is 4.92 Å². The Hall–Kier alpha value is -2.64. The monoisotopic (exact) mass is 377 g/mol. The molecule has 0 heterocycles. The maximum Gasteiger partial charge on any atom is 0.292 e. The van der Waals surface area contributed by atoms with Crippen LogP contribution in [0.5, 0.6) is 5.75 Å². The lowest BCUT2D eigenvalue weighted by Crippen LogP contribution is -2.30. The fourth-order valence-electron chi connectivity index (χ4n) is 2.58. The summed E-state index contributed by atoms with van der Waals surface area (Å²) >= 11 is 5.87. The molecule has 0 radical (unpaired) electrons. The third-order valence-corrected chi connectivity index (χ3v) is 3.95. The Morgan fingerprint density at radius 1 is 1.31 bits per heavy atom. The molecule has 0 aromatic heterocycles. The lowest BCUT2D eigenvalue weighted by molar-refractivity contribution is -0.383. The van der Waals surface area contributed by atoms with E-state index in [0.29, 0.717) is 11.6 Å². The zero-order valence-corrected chi connectivity index (χ0v) is 15.5. The summed E-state index contributed by atoms with van der Waals surface area (Å²) in [7, 11) is 3.38. The molecular formula is C18H20ClN3O4. The fraction of sp³-hybridized carbons (Fsp3) is 0.278. The summed E-state index contributed by atoms with van der Waals surface area (Å²) in [5.74, 6) is 0.373.